The Morgan fingerprint density at radius 1 is 1.50 bits per heavy atom. The van der Waals surface area contributed by atoms with Crippen molar-refractivity contribution < 1.29 is 4.79 Å². The maximum atomic E-state index is 12.2. The fourth-order valence-electron chi connectivity index (χ4n) is 1.75. The summed E-state index contributed by atoms with van der Waals surface area (Å²) in [5, 5.41) is 8.05. The number of aromatic nitrogens is 5. The second kappa shape index (κ2) is 4.99. The van der Waals surface area contributed by atoms with Crippen LogP contribution >= 0.6 is 0 Å². The molecule has 2 heterocycles. The standard InChI is InChI=1S/C11H16N6O/c1-9(17-8-12-7-14-17)11(18)15(2)5-10-4-13-16(3)6-10/h4,6-9H,5H2,1-3H3/t9-/m0/s1. The van der Waals surface area contributed by atoms with Crippen LogP contribution in [0.4, 0.5) is 0 Å². The van der Waals surface area contributed by atoms with Crippen LogP contribution in [0.25, 0.3) is 0 Å². The third-order valence-electron chi connectivity index (χ3n) is 2.75. The molecule has 1 atom stereocenters. The molecule has 2 aromatic rings. The number of rotatable bonds is 4. The number of carbonyl (C=O) groups excluding carboxylic acids is 1. The Labute approximate surface area is 105 Å². The highest BCUT2D eigenvalue weighted by Gasteiger charge is 2.19. The molecule has 0 saturated heterocycles. The fraction of sp³-hybridized carbons (Fsp3) is 0.455. The number of hydrogen-bond acceptors (Lipinski definition) is 4. The number of nitrogens with zero attached hydrogens (tertiary/aromatic N) is 6. The zero-order valence-corrected chi connectivity index (χ0v) is 10.7. The van der Waals surface area contributed by atoms with Crippen LogP contribution < -0.4 is 0 Å². The normalized spacial score (nSPS) is 12.4. The molecule has 2 rings (SSSR count). The highest BCUT2D eigenvalue weighted by atomic mass is 16.2. The van der Waals surface area contributed by atoms with Crippen molar-refractivity contribution in [3.63, 3.8) is 0 Å². The van der Waals surface area contributed by atoms with Gasteiger partial charge in [0, 0.05) is 32.4 Å². The summed E-state index contributed by atoms with van der Waals surface area (Å²) >= 11 is 0. The quantitative estimate of drug-likeness (QED) is 0.776. The molecule has 2 aromatic heterocycles. The molecule has 1 amide bonds. The van der Waals surface area contributed by atoms with Crippen molar-refractivity contribution >= 4 is 5.91 Å². The van der Waals surface area contributed by atoms with Crippen LogP contribution in [0.5, 0.6) is 0 Å². The zero-order chi connectivity index (χ0) is 13.1. The van der Waals surface area contributed by atoms with Gasteiger partial charge in [-0.25, -0.2) is 9.67 Å². The molecule has 18 heavy (non-hydrogen) atoms. The van der Waals surface area contributed by atoms with E-state index in [-0.39, 0.29) is 11.9 Å². The Bertz CT molecular complexity index is 517. The molecule has 7 heteroatoms. The third-order valence-corrected chi connectivity index (χ3v) is 2.75. The van der Waals surface area contributed by atoms with Gasteiger partial charge >= 0.3 is 0 Å². The van der Waals surface area contributed by atoms with Gasteiger partial charge in [0.15, 0.2) is 0 Å². The van der Waals surface area contributed by atoms with E-state index in [1.807, 2.05) is 13.2 Å². The number of hydrogen-bond donors (Lipinski definition) is 0. The van der Waals surface area contributed by atoms with Crippen LogP contribution in [0.1, 0.15) is 18.5 Å². The Morgan fingerprint density at radius 2 is 2.28 bits per heavy atom. The van der Waals surface area contributed by atoms with Crippen LogP contribution in [-0.4, -0.2) is 42.4 Å². The zero-order valence-electron chi connectivity index (χ0n) is 10.7. The molecule has 0 unspecified atom stereocenters. The van der Waals surface area contributed by atoms with E-state index in [4.69, 9.17) is 0 Å². The average Bonchev–Trinajstić information content (AvgIpc) is 2.98. The van der Waals surface area contributed by atoms with Crippen LogP contribution in [-0.2, 0) is 18.4 Å². The molecular weight excluding hydrogens is 232 g/mol. The van der Waals surface area contributed by atoms with E-state index in [9.17, 15) is 4.79 Å². The minimum absolute atomic E-state index is 0.00986. The first-order valence-corrected chi connectivity index (χ1v) is 5.64. The van der Waals surface area contributed by atoms with Crippen LogP contribution in [0.2, 0.25) is 0 Å². The van der Waals surface area contributed by atoms with Crippen molar-refractivity contribution in [2.45, 2.75) is 19.5 Å². The SMILES string of the molecule is C[C@@H](C(=O)N(C)Cc1cnn(C)c1)n1cncn1. The summed E-state index contributed by atoms with van der Waals surface area (Å²) in [5.74, 6) is -0.00986. The van der Waals surface area contributed by atoms with Gasteiger partial charge in [-0.1, -0.05) is 0 Å². The lowest BCUT2D eigenvalue weighted by Gasteiger charge is -2.20. The predicted molar refractivity (Wildman–Crippen MR) is 64.4 cm³/mol. The number of amides is 1. The summed E-state index contributed by atoms with van der Waals surface area (Å²) in [6.07, 6.45) is 6.61. The van der Waals surface area contributed by atoms with Crippen LogP contribution in [0.15, 0.2) is 25.0 Å². The second-order valence-corrected chi connectivity index (χ2v) is 4.27. The molecule has 0 spiro atoms. The largest absolute Gasteiger partial charge is 0.339 e. The van der Waals surface area contributed by atoms with Gasteiger partial charge in [-0.15, -0.1) is 0 Å². The van der Waals surface area contributed by atoms with Crippen LogP contribution in [0.3, 0.4) is 0 Å². The van der Waals surface area contributed by atoms with Gasteiger partial charge in [0.1, 0.15) is 18.7 Å². The molecule has 0 N–H and O–H groups in total. The van der Waals surface area contributed by atoms with Gasteiger partial charge in [-0.05, 0) is 6.92 Å². The lowest BCUT2D eigenvalue weighted by Crippen LogP contribution is -2.32. The second-order valence-electron chi connectivity index (χ2n) is 4.27. The topological polar surface area (TPSA) is 68.8 Å². The molecule has 0 aliphatic carbocycles. The minimum Gasteiger partial charge on any atom is -0.339 e. The summed E-state index contributed by atoms with van der Waals surface area (Å²) in [4.78, 5) is 17.7. The monoisotopic (exact) mass is 248 g/mol. The first kappa shape index (κ1) is 12.3. The Morgan fingerprint density at radius 3 is 2.83 bits per heavy atom. The maximum absolute atomic E-state index is 12.2. The van der Waals surface area contributed by atoms with Gasteiger partial charge in [0.05, 0.1) is 6.20 Å². The van der Waals surface area contributed by atoms with Gasteiger partial charge < -0.3 is 4.90 Å². The van der Waals surface area contributed by atoms with Crippen LogP contribution in [0, 0.1) is 0 Å². The Kier molecular flexibility index (Phi) is 3.40. The highest BCUT2D eigenvalue weighted by Crippen LogP contribution is 2.09. The molecule has 96 valence electrons. The number of aryl methyl sites for hydroxylation is 1. The van der Waals surface area contributed by atoms with E-state index in [0.29, 0.717) is 6.54 Å². The van der Waals surface area contributed by atoms with E-state index in [2.05, 4.69) is 15.2 Å². The lowest BCUT2D eigenvalue weighted by molar-refractivity contribution is -0.133. The molecule has 0 saturated carbocycles. The summed E-state index contributed by atoms with van der Waals surface area (Å²) < 4.78 is 3.26. The molecule has 0 fully saturated rings. The van der Waals surface area contributed by atoms with E-state index in [1.165, 1.54) is 6.33 Å². The Balaban J connectivity index is 2.00. The first-order valence-electron chi connectivity index (χ1n) is 5.64. The molecule has 0 aromatic carbocycles. The van der Waals surface area contributed by atoms with E-state index >= 15 is 0 Å². The predicted octanol–water partition coefficient (Wildman–Crippen LogP) is 0.231. The van der Waals surface area contributed by atoms with Gasteiger partial charge in [0.2, 0.25) is 5.91 Å². The van der Waals surface area contributed by atoms with Crippen molar-refractivity contribution in [1.82, 2.24) is 29.4 Å². The van der Waals surface area contributed by atoms with E-state index in [0.717, 1.165) is 5.56 Å². The fourth-order valence-corrected chi connectivity index (χ4v) is 1.75. The van der Waals surface area contributed by atoms with Gasteiger partial charge in [-0.3, -0.25) is 9.48 Å². The van der Waals surface area contributed by atoms with E-state index in [1.54, 1.807) is 40.8 Å². The van der Waals surface area contributed by atoms with E-state index < -0.39 is 0 Å². The van der Waals surface area contributed by atoms with Crippen molar-refractivity contribution in [3.05, 3.63) is 30.6 Å². The van der Waals surface area contributed by atoms with Gasteiger partial charge in [-0.2, -0.15) is 10.2 Å². The smallest absolute Gasteiger partial charge is 0.247 e. The molecule has 7 nitrogen and oxygen atoms in total. The maximum Gasteiger partial charge on any atom is 0.247 e. The molecule has 0 bridgehead atoms. The molecule has 0 radical (unpaired) electrons. The lowest BCUT2D eigenvalue weighted by atomic mass is 10.2. The third kappa shape index (κ3) is 2.55. The summed E-state index contributed by atoms with van der Waals surface area (Å²) in [6.45, 7) is 2.34. The summed E-state index contributed by atoms with van der Waals surface area (Å²) in [7, 11) is 3.62. The Hall–Kier alpha value is -2.18. The molecule has 0 aliphatic rings. The molecule has 0 aliphatic heterocycles. The van der Waals surface area contributed by atoms with Gasteiger partial charge in [0.25, 0.3) is 0 Å². The minimum atomic E-state index is -0.353. The summed E-state index contributed by atoms with van der Waals surface area (Å²) in [5.41, 5.74) is 0.999. The summed E-state index contributed by atoms with van der Waals surface area (Å²) in [6, 6.07) is -0.353. The van der Waals surface area contributed by atoms with Crippen molar-refractivity contribution in [3.8, 4) is 0 Å². The van der Waals surface area contributed by atoms with Crippen molar-refractivity contribution in [2.75, 3.05) is 7.05 Å². The van der Waals surface area contributed by atoms with Crippen molar-refractivity contribution in [2.24, 2.45) is 7.05 Å². The van der Waals surface area contributed by atoms with Crippen molar-refractivity contribution in [1.29, 1.82) is 0 Å². The average molecular weight is 248 g/mol. The molecular formula is C11H16N6O. The number of likely N-dealkylation sites (N-methyl/N-ethyl adjacent to an activating group) is 1. The number of carbonyl (C=O) groups is 1. The first-order chi connectivity index (χ1) is 8.58. The highest BCUT2D eigenvalue weighted by molar-refractivity contribution is 5.79.